The van der Waals surface area contributed by atoms with E-state index in [1.165, 1.54) is 24.3 Å². The van der Waals surface area contributed by atoms with Gasteiger partial charge in [-0.3, -0.25) is 4.79 Å². The summed E-state index contributed by atoms with van der Waals surface area (Å²) in [5.41, 5.74) is 8.08. The fourth-order valence-corrected chi connectivity index (χ4v) is 7.39. The summed E-state index contributed by atoms with van der Waals surface area (Å²) in [4.78, 5) is 40.2. The summed E-state index contributed by atoms with van der Waals surface area (Å²) in [6, 6.07) is 5.49. The van der Waals surface area contributed by atoms with Gasteiger partial charge in [-0.1, -0.05) is 17.9 Å². The highest BCUT2D eigenvalue weighted by atomic mass is 32.2. The molecule has 44 heavy (non-hydrogen) atoms. The molecule has 0 saturated carbocycles. The second-order valence-corrected chi connectivity index (χ2v) is 13.5. The second-order valence-electron chi connectivity index (χ2n) is 12.3. The minimum Gasteiger partial charge on any atom is -0.365 e. The smallest absolute Gasteiger partial charge is 0.213 e. The number of ether oxygens (including phenoxy) is 1. The molecule has 0 aromatic heterocycles. The molecule has 4 rings (SSSR count). The van der Waals surface area contributed by atoms with Gasteiger partial charge in [-0.05, 0) is 63.0 Å². The summed E-state index contributed by atoms with van der Waals surface area (Å²) < 4.78 is 11.2. The zero-order chi connectivity index (χ0) is 31.3. The predicted octanol–water partition coefficient (Wildman–Crippen LogP) is 2.79. The summed E-state index contributed by atoms with van der Waals surface area (Å²) in [5.74, 6) is 7.10. The summed E-state index contributed by atoms with van der Waals surface area (Å²) in [6.07, 6.45) is 10.1. The number of carbonyl (C=O) groups is 3. The molecule has 0 bridgehead atoms. The molecule has 3 aliphatic rings. The first-order valence-corrected chi connectivity index (χ1v) is 16.8. The monoisotopic (exact) mass is 626 g/mol. The van der Waals surface area contributed by atoms with E-state index < -0.39 is 6.04 Å². The van der Waals surface area contributed by atoms with Crippen LogP contribution in [0.5, 0.6) is 0 Å². The quantitative estimate of drug-likeness (QED) is 0.188. The van der Waals surface area contributed by atoms with Crippen molar-refractivity contribution < 1.29 is 19.1 Å². The van der Waals surface area contributed by atoms with Gasteiger partial charge in [-0.15, -0.1) is 0 Å². The van der Waals surface area contributed by atoms with Crippen molar-refractivity contribution in [1.82, 2.24) is 13.5 Å². The zero-order valence-corrected chi connectivity index (χ0v) is 27.3. The molecule has 1 amide bonds. The highest BCUT2D eigenvalue weighted by Gasteiger charge is 2.27. The van der Waals surface area contributed by atoms with Crippen LogP contribution in [0.2, 0.25) is 0 Å². The number of hydrogen-bond donors (Lipinski definition) is 1. The molecular weight excluding hydrogens is 576 g/mol. The standard InChI is InChI=1S/C33H50N6O4S/c1-35(26-42)33-28(6-3-9-32(33)36(2)30(25-41)8-4-22-40)7-5-23-43-31-14-16-37(17-15-31)24-27-10-18-38(19-11-27)44-39-20-12-29(34)13-21-39/h3,6,9,22,25-27,29-31H,4,8,10-21,23-24,34H2,1-2H3. The Kier molecular flexibility index (Phi) is 14.0. The normalized spacial score (nSPS) is 20.4. The Morgan fingerprint density at radius 3 is 2.32 bits per heavy atom. The third kappa shape index (κ3) is 10.0. The minimum atomic E-state index is -0.479. The molecule has 242 valence electrons. The van der Waals surface area contributed by atoms with Crippen molar-refractivity contribution in [2.24, 2.45) is 11.7 Å². The van der Waals surface area contributed by atoms with E-state index in [4.69, 9.17) is 10.5 Å². The van der Waals surface area contributed by atoms with Gasteiger partial charge in [0.05, 0.1) is 29.1 Å². The van der Waals surface area contributed by atoms with Crippen LogP contribution in [0.25, 0.3) is 0 Å². The Morgan fingerprint density at radius 1 is 1.00 bits per heavy atom. The maximum atomic E-state index is 11.7. The van der Waals surface area contributed by atoms with Gasteiger partial charge >= 0.3 is 0 Å². The van der Waals surface area contributed by atoms with Crippen LogP contribution in [-0.4, -0.2) is 117 Å². The van der Waals surface area contributed by atoms with Crippen molar-refractivity contribution in [2.75, 3.05) is 76.3 Å². The first kappa shape index (κ1) is 34.4. The number of piperidine rings is 3. The minimum absolute atomic E-state index is 0.206. The van der Waals surface area contributed by atoms with Crippen molar-refractivity contribution >= 4 is 42.5 Å². The van der Waals surface area contributed by atoms with E-state index in [9.17, 15) is 14.4 Å². The summed E-state index contributed by atoms with van der Waals surface area (Å²) in [6.45, 7) is 8.16. The van der Waals surface area contributed by atoms with E-state index in [0.29, 0.717) is 36.0 Å². The molecule has 3 heterocycles. The van der Waals surface area contributed by atoms with Gasteiger partial charge in [0.2, 0.25) is 6.41 Å². The lowest BCUT2D eigenvalue weighted by atomic mass is 9.96. The number of likely N-dealkylation sites (N-methyl/N-ethyl adjacent to an activating group) is 1. The first-order chi connectivity index (χ1) is 21.4. The Bertz CT molecular complexity index is 1120. The first-order valence-electron chi connectivity index (χ1n) is 16.1. The predicted molar refractivity (Wildman–Crippen MR) is 177 cm³/mol. The number of nitrogens with two attached hydrogens (primary N) is 1. The molecule has 3 saturated heterocycles. The molecule has 0 aliphatic carbocycles. The molecule has 10 nitrogen and oxygen atoms in total. The van der Waals surface area contributed by atoms with Gasteiger partial charge in [0.1, 0.15) is 19.2 Å². The van der Waals surface area contributed by atoms with Crippen LogP contribution < -0.4 is 15.5 Å². The Morgan fingerprint density at radius 2 is 1.68 bits per heavy atom. The number of amides is 1. The molecule has 3 aliphatic heterocycles. The van der Waals surface area contributed by atoms with Crippen molar-refractivity contribution in [2.45, 2.75) is 69.6 Å². The fourth-order valence-electron chi connectivity index (χ4n) is 6.32. The molecule has 1 atom stereocenters. The molecule has 11 heteroatoms. The fraction of sp³-hybridized carbons (Fsp3) is 0.667. The SMILES string of the molecule is CN(C=O)c1c(C#CCOC2CCN(CC3CCN(SN4CCC(N)CC4)CC3)CC2)cccc1N(C)C(C=O)CCC=O. The highest BCUT2D eigenvalue weighted by Crippen LogP contribution is 2.33. The van der Waals surface area contributed by atoms with Gasteiger partial charge in [0, 0.05) is 84.5 Å². The lowest BCUT2D eigenvalue weighted by Crippen LogP contribution is -2.43. The van der Waals surface area contributed by atoms with Crippen LogP contribution in [0.3, 0.4) is 0 Å². The van der Waals surface area contributed by atoms with E-state index in [1.807, 2.05) is 30.3 Å². The van der Waals surface area contributed by atoms with Crippen LogP contribution >= 0.6 is 12.1 Å². The van der Waals surface area contributed by atoms with E-state index >= 15 is 0 Å². The van der Waals surface area contributed by atoms with E-state index in [1.54, 1.807) is 19.0 Å². The number of carbonyl (C=O) groups excluding carboxylic acids is 3. The maximum Gasteiger partial charge on any atom is 0.213 e. The topological polar surface area (TPSA) is 103 Å². The number of likely N-dealkylation sites (tertiary alicyclic amines) is 1. The number of benzene rings is 1. The molecular formula is C33H50N6O4S. The lowest BCUT2D eigenvalue weighted by Gasteiger charge is -2.39. The molecule has 3 fully saturated rings. The average Bonchev–Trinajstić information content (AvgIpc) is 3.05. The second kappa shape index (κ2) is 17.9. The molecule has 0 radical (unpaired) electrons. The Labute approximate surface area is 267 Å². The lowest BCUT2D eigenvalue weighted by molar-refractivity contribution is -0.110. The number of para-hydroxylation sites is 1. The average molecular weight is 627 g/mol. The highest BCUT2D eigenvalue weighted by molar-refractivity contribution is 7.94. The van der Waals surface area contributed by atoms with Crippen molar-refractivity contribution in [3.63, 3.8) is 0 Å². The molecule has 1 unspecified atom stereocenters. The Hall–Kier alpha value is -2.46. The largest absolute Gasteiger partial charge is 0.365 e. The molecule has 1 aromatic rings. The molecule has 2 N–H and O–H groups in total. The third-order valence-electron chi connectivity index (χ3n) is 9.11. The maximum absolute atomic E-state index is 11.7. The van der Waals surface area contributed by atoms with Crippen LogP contribution in [0.4, 0.5) is 11.4 Å². The number of hydrogen-bond acceptors (Lipinski definition) is 10. The van der Waals surface area contributed by atoms with Gasteiger partial charge in [-0.25, -0.2) is 8.61 Å². The molecule has 0 spiro atoms. The summed E-state index contributed by atoms with van der Waals surface area (Å²) >= 11 is 1.94. The Balaban J connectivity index is 1.21. The van der Waals surface area contributed by atoms with Crippen molar-refractivity contribution in [3.05, 3.63) is 23.8 Å². The van der Waals surface area contributed by atoms with Crippen LogP contribution in [0, 0.1) is 17.8 Å². The van der Waals surface area contributed by atoms with Gasteiger partial charge < -0.3 is 34.8 Å². The van der Waals surface area contributed by atoms with Gasteiger partial charge in [0.15, 0.2) is 0 Å². The van der Waals surface area contributed by atoms with Crippen LogP contribution in [-0.2, 0) is 19.1 Å². The number of nitrogens with zero attached hydrogens (tertiary/aromatic N) is 5. The van der Waals surface area contributed by atoms with Gasteiger partial charge in [-0.2, -0.15) is 0 Å². The van der Waals surface area contributed by atoms with Crippen molar-refractivity contribution in [3.8, 4) is 11.8 Å². The third-order valence-corrected chi connectivity index (χ3v) is 10.3. The van der Waals surface area contributed by atoms with E-state index in [0.717, 1.165) is 89.9 Å². The van der Waals surface area contributed by atoms with E-state index in [2.05, 4.69) is 25.4 Å². The number of aldehydes is 2. The van der Waals surface area contributed by atoms with E-state index in [-0.39, 0.29) is 12.5 Å². The zero-order valence-electron chi connectivity index (χ0n) is 26.4. The molecule has 1 aromatic carbocycles. The summed E-state index contributed by atoms with van der Waals surface area (Å²) in [5, 5.41) is 0. The summed E-state index contributed by atoms with van der Waals surface area (Å²) in [7, 11) is 3.47. The number of rotatable bonds is 14. The number of anilines is 2. The van der Waals surface area contributed by atoms with Crippen molar-refractivity contribution in [1.29, 1.82) is 0 Å². The van der Waals surface area contributed by atoms with Crippen LogP contribution in [0.1, 0.15) is 56.9 Å². The van der Waals surface area contributed by atoms with Crippen LogP contribution in [0.15, 0.2) is 18.2 Å². The van der Waals surface area contributed by atoms with Gasteiger partial charge in [0.25, 0.3) is 0 Å².